The number of carbonyl (C=O) groups is 1. The maximum Gasteiger partial charge on any atom is 0.302 e. The molecule has 0 aliphatic rings. The van der Waals surface area contributed by atoms with E-state index in [0.717, 1.165) is 17.0 Å². The van der Waals surface area contributed by atoms with Crippen LogP contribution in [-0.2, 0) is 4.79 Å². The van der Waals surface area contributed by atoms with Crippen LogP contribution in [0.2, 0.25) is 0 Å². The molecule has 0 bridgehead atoms. The van der Waals surface area contributed by atoms with E-state index in [0.29, 0.717) is 0 Å². The first-order chi connectivity index (χ1) is 9.70. The van der Waals surface area contributed by atoms with Crippen molar-refractivity contribution in [2.75, 3.05) is 19.1 Å². The van der Waals surface area contributed by atoms with Crippen molar-refractivity contribution in [1.82, 2.24) is 0 Å². The maximum atomic E-state index is 12.0. The van der Waals surface area contributed by atoms with E-state index in [1.54, 1.807) is 20.2 Å². The van der Waals surface area contributed by atoms with Crippen LogP contribution in [0.5, 0.6) is 5.75 Å². The Balaban J connectivity index is 2.14. The van der Waals surface area contributed by atoms with Crippen molar-refractivity contribution in [2.24, 2.45) is 0 Å². The van der Waals surface area contributed by atoms with Crippen molar-refractivity contribution < 1.29 is 9.53 Å². The van der Waals surface area contributed by atoms with Crippen LogP contribution in [0.3, 0.4) is 0 Å². The molecule has 20 heavy (non-hydrogen) atoms. The van der Waals surface area contributed by atoms with Gasteiger partial charge in [0.15, 0.2) is 0 Å². The zero-order chi connectivity index (χ0) is 14.4. The Kier molecular flexibility index (Phi) is 4.41. The largest absolute Gasteiger partial charge is 0.497 e. The fourth-order valence-corrected chi connectivity index (χ4v) is 1.68. The van der Waals surface area contributed by atoms with Crippen LogP contribution in [0.1, 0.15) is 5.56 Å². The second-order valence-electron chi connectivity index (χ2n) is 4.18. The second-order valence-corrected chi connectivity index (χ2v) is 4.18. The number of nitrogens with zero attached hydrogens (tertiary/aromatic N) is 1. The van der Waals surface area contributed by atoms with Crippen LogP contribution >= 0.6 is 0 Å². The molecular formula is C17H15NO2. The van der Waals surface area contributed by atoms with Gasteiger partial charge in [0.05, 0.1) is 7.11 Å². The summed E-state index contributed by atoms with van der Waals surface area (Å²) < 4.78 is 5.12. The number of carbonyl (C=O) groups excluding carboxylic acids is 1. The molecule has 2 rings (SSSR count). The molecule has 0 aliphatic heterocycles. The van der Waals surface area contributed by atoms with Crippen molar-refractivity contribution in [2.45, 2.75) is 0 Å². The molecule has 0 aromatic heterocycles. The highest BCUT2D eigenvalue weighted by Gasteiger charge is 2.06. The van der Waals surface area contributed by atoms with Crippen LogP contribution in [0.25, 0.3) is 0 Å². The number of methoxy groups -OCH3 is 1. The zero-order valence-electron chi connectivity index (χ0n) is 11.5. The first-order valence-corrected chi connectivity index (χ1v) is 6.19. The standard InChI is InChI=1S/C17H15NO2/c1-18(15-8-4-3-5-9-15)17(19)12-11-14-7-6-10-16(13-14)20-2/h3-10,13H,1-2H3. The molecule has 2 aromatic rings. The number of ether oxygens (including phenoxy) is 1. The van der Waals surface area contributed by atoms with Gasteiger partial charge in [0.25, 0.3) is 0 Å². The summed E-state index contributed by atoms with van der Waals surface area (Å²) in [7, 11) is 3.30. The summed E-state index contributed by atoms with van der Waals surface area (Å²) in [6, 6.07) is 16.7. The SMILES string of the molecule is COc1cccc(C#CC(=O)N(C)c2ccccc2)c1. The molecule has 0 spiro atoms. The van der Waals surface area contributed by atoms with Gasteiger partial charge in [-0.15, -0.1) is 0 Å². The molecule has 0 atom stereocenters. The lowest BCUT2D eigenvalue weighted by Crippen LogP contribution is -2.24. The zero-order valence-corrected chi connectivity index (χ0v) is 11.5. The Bertz CT molecular complexity index is 653. The van der Waals surface area contributed by atoms with Gasteiger partial charge in [0.1, 0.15) is 5.75 Å². The van der Waals surface area contributed by atoms with E-state index >= 15 is 0 Å². The molecule has 0 N–H and O–H groups in total. The minimum atomic E-state index is -0.251. The highest BCUT2D eigenvalue weighted by Crippen LogP contribution is 2.12. The average Bonchev–Trinajstić information content (AvgIpc) is 2.53. The van der Waals surface area contributed by atoms with Gasteiger partial charge in [-0.25, -0.2) is 0 Å². The average molecular weight is 265 g/mol. The van der Waals surface area contributed by atoms with Gasteiger partial charge in [-0.05, 0) is 30.3 Å². The van der Waals surface area contributed by atoms with Crippen molar-refractivity contribution in [3.8, 4) is 17.6 Å². The van der Waals surface area contributed by atoms with Crippen LogP contribution in [0, 0.1) is 11.8 Å². The highest BCUT2D eigenvalue weighted by molar-refractivity contribution is 6.05. The fraction of sp³-hybridized carbons (Fsp3) is 0.118. The first-order valence-electron chi connectivity index (χ1n) is 6.19. The number of benzene rings is 2. The van der Waals surface area contributed by atoms with Gasteiger partial charge >= 0.3 is 5.91 Å². The second kappa shape index (κ2) is 6.44. The van der Waals surface area contributed by atoms with Crippen LogP contribution in [0.4, 0.5) is 5.69 Å². The predicted molar refractivity (Wildman–Crippen MR) is 79.7 cm³/mol. The quantitative estimate of drug-likeness (QED) is 0.781. The molecule has 1 amide bonds. The summed E-state index contributed by atoms with van der Waals surface area (Å²) in [6.45, 7) is 0. The van der Waals surface area contributed by atoms with E-state index in [9.17, 15) is 4.79 Å². The summed E-state index contributed by atoms with van der Waals surface area (Å²) in [5, 5.41) is 0. The minimum absolute atomic E-state index is 0.251. The van der Waals surface area contributed by atoms with Crippen molar-refractivity contribution in [3.05, 3.63) is 60.2 Å². The molecule has 0 fully saturated rings. The Labute approximate surface area is 118 Å². The minimum Gasteiger partial charge on any atom is -0.497 e. The van der Waals surface area contributed by atoms with E-state index in [1.165, 1.54) is 4.90 Å². The molecule has 0 heterocycles. The lowest BCUT2D eigenvalue weighted by atomic mass is 10.2. The first kappa shape index (κ1) is 13.7. The van der Waals surface area contributed by atoms with E-state index < -0.39 is 0 Å². The van der Waals surface area contributed by atoms with Crippen LogP contribution < -0.4 is 9.64 Å². The lowest BCUT2D eigenvalue weighted by molar-refractivity contribution is -0.113. The Hall–Kier alpha value is -2.73. The number of hydrogen-bond acceptors (Lipinski definition) is 2. The van der Waals surface area contributed by atoms with E-state index in [-0.39, 0.29) is 5.91 Å². The van der Waals surface area contributed by atoms with Gasteiger partial charge in [0.2, 0.25) is 0 Å². The number of para-hydroxylation sites is 1. The molecule has 0 unspecified atom stereocenters. The van der Waals surface area contributed by atoms with Gasteiger partial charge in [-0.1, -0.05) is 30.2 Å². The lowest BCUT2D eigenvalue weighted by Gasteiger charge is -2.13. The molecule has 0 aliphatic carbocycles. The van der Waals surface area contributed by atoms with Crippen molar-refractivity contribution in [1.29, 1.82) is 0 Å². The van der Waals surface area contributed by atoms with E-state index in [2.05, 4.69) is 11.8 Å². The molecule has 3 nitrogen and oxygen atoms in total. The van der Waals surface area contributed by atoms with Gasteiger partial charge < -0.3 is 9.64 Å². The molecule has 2 aromatic carbocycles. The molecule has 0 saturated carbocycles. The molecule has 100 valence electrons. The smallest absolute Gasteiger partial charge is 0.302 e. The molecular weight excluding hydrogens is 250 g/mol. The third-order valence-corrected chi connectivity index (χ3v) is 2.83. The summed E-state index contributed by atoms with van der Waals surface area (Å²) in [5.41, 5.74) is 1.57. The molecule has 0 radical (unpaired) electrons. The summed E-state index contributed by atoms with van der Waals surface area (Å²) in [4.78, 5) is 13.5. The topological polar surface area (TPSA) is 29.5 Å². The maximum absolute atomic E-state index is 12.0. The van der Waals surface area contributed by atoms with Gasteiger partial charge in [-0.2, -0.15) is 0 Å². The third kappa shape index (κ3) is 3.39. The Morgan fingerprint density at radius 3 is 2.55 bits per heavy atom. The Morgan fingerprint density at radius 2 is 1.85 bits per heavy atom. The number of hydrogen-bond donors (Lipinski definition) is 0. The number of amides is 1. The fourth-order valence-electron chi connectivity index (χ4n) is 1.68. The normalized spacial score (nSPS) is 9.30. The summed E-state index contributed by atoms with van der Waals surface area (Å²) >= 11 is 0. The van der Waals surface area contributed by atoms with E-state index in [1.807, 2.05) is 48.5 Å². The number of rotatable bonds is 2. The van der Waals surface area contributed by atoms with Crippen LogP contribution in [0.15, 0.2) is 54.6 Å². The summed E-state index contributed by atoms with van der Waals surface area (Å²) in [5.74, 6) is 5.95. The van der Waals surface area contributed by atoms with E-state index in [4.69, 9.17) is 4.74 Å². The highest BCUT2D eigenvalue weighted by atomic mass is 16.5. The van der Waals surface area contributed by atoms with Gasteiger partial charge in [-0.3, -0.25) is 4.79 Å². The third-order valence-electron chi connectivity index (χ3n) is 2.83. The molecule has 3 heteroatoms. The number of anilines is 1. The predicted octanol–water partition coefficient (Wildman–Crippen LogP) is 2.71. The van der Waals surface area contributed by atoms with Gasteiger partial charge in [0, 0.05) is 24.2 Å². The molecule has 0 saturated heterocycles. The summed E-state index contributed by atoms with van der Waals surface area (Å²) in [6.07, 6.45) is 0. The van der Waals surface area contributed by atoms with Crippen molar-refractivity contribution >= 4 is 11.6 Å². The monoisotopic (exact) mass is 265 g/mol. The Morgan fingerprint density at radius 1 is 1.10 bits per heavy atom. The van der Waals surface area contributed by atoms with Crippen molar-refractivity contribution in [3.63, 3.8) is 0 Å². The van der Waals surface area contributed by atoms with Crippen LogP contribution in [-0.4, -0.2) is 20.1 Å².